The van der Waals surface area contributed by atoms with E-state index in [1.165, 1.54) is 17.7 Å². The monoisotopic (exact) mass is 427 g/mol. The van der Waals surface area contributed by atoms with E-state index in [4.69, 9.17) is 0 Å². The molecule has 0 spiro atoms. The molecule has 3 N–H and O–H groups in total. The van der Waals surface area contributed by atoms with Crippen LogP contribution in [0.25, 0.3) is 10.8 Å². The van der Waals surface area contributed by atoms with E-state index in [1.54, 1.807) is 0 Å². The van der Waals surface area contributed by atoms with E-state index >= 15 is 0 Å². The molecule has 2 heterocycles. The van der Waals surface area contributed by atoms with Crippen LogP contribution in [-0.4, -0.2) is 33.9 Å². The van der Waals surface area contributed by atoms with Gasteiger partial charge in [0.15, 0.2) is 0 Å². The van der Waals surface area contributed by atoms with Crippen molar-refractivity contribution in [1.82, 2.24) is 4.90 Å². The first-order valence-electron chi connectivity index (χ1n) is 11.3. The molecular weight excluding hydrogens is 402 g/mol. The first-order valence-corrected chi connectivity index (χ1v) is 11.3. The minimum absolute atomic E-state index is 0.0360. The molecule has 1 saturated carbocycles. The number of aliphatic hydroxyl groups is 1. The van der Waals surface area contributed by atoms with Gasteiger partial charge in [-0.05, 0) is 48.2 Å². The lowest BCUT2D eigenvalue weighted by Crippen LogP contribution is -2.40. The van der Waals surface area contributed by atoms with Crippen LogP contribution in [0.1, 0.15) is 57.5 Å². The van der Waals surface area contributed by atoms with E-state index in [0.29, 0.717) is 23.2 Å². The number of amides is 2. The Hall–Kier alpha value is -3.38. The van der Waals surface area contributed by atoms with Crippen LogP contribution in [0.2, 0.25) is 0 Å². The molecule has 2 unspecified atom stereocenters. The summed E-state index contributed by atoms with van der Waals surface area (Å²) in [5.41, 5.74) is 4.78. The first kappa shape index (κ1) is 19.3. The average Bonchev–Trinajstić information content (AvgIpc) is 2.99. The van der Waals surface area contributed by atoms with Gasteiger partial charge in [0.2, 0.25) is 0 Å². The quantitative estimate of drug-likeness (QED) is 0.544. The second kappa shape index (κ2) is 7.35. The zero-order chi connectivity index (χ0) is 21.8. The molecule has 6 nitrogen and oxygen atoms in total. The number of hydrogen-bond acceptors (Lipinski definition) is 5. The van der Waals surface area contributed by atoms with Crippen LogP contribution in [0.5, 0.6) is 0 Å². The molecule has 6 heteroatoms. The molecule has 3 aromatic carbocycles. The van der Waals surface area contributed by atoms with Crippen molar-refractivity contribution in [2.75, 3.05) is 10.6 Å². The summed E-state index contributed by atoms with van der Waals surface area (Å²) in [5, 5.41) is 18.4. The van der Waals surface area contributed by atoms with E-state index in [1.807, 2.05) is 48.5 Å². The van der Waals surface area contributed by atoms with Crippen molar-refractivity contribution in [3.8, 4) is 0 Å². The number of nitrogens with one attached hydrogen (secondary N) is 2. The van der Waals surface area contributed by atoms with E-state index in [9.17, 15) is 14.7 Å². The van der Waals surface area contributed by atoms with Crippen LogP contribution in [0.4, 0.5) is 11.4 Å². The fraction of sp³-hybridized carbons (Fsp3) is 0.308. The van der Waals surface area contributed by atoms with Gasteiger partial charge in [-0.1, -0.05) is 37.1 Å². The minimum Gasteiger partial charge on any atom is -0.392 e. The van der Waals surface area contributed by atoms with Gasteiger partial charge < -0.3 is 15.7 Å². The van der Waals surface area contributed by atoms with Gasteiger partial charge >= 0.3 is 0 Å². The Kier molecular flexibility index (Phi) is 4.43. The highest BCUT2D eigenvalue weighted by molar-refractivity contribution is 6.28. The summed E-state index contributed by atoms with van der Waals surface area (Å²) < 4.78 is 0. The third-order valence-corrected chi connectivity index (χ3v) is 7.11. The molecule has 0 radical (unpaired) electrons. The van der Waals surface area contributed by atoms with Crippen LogP contribution in [0.3, 0.4) is 0 Å². The van der Waals surface area contributed by atoms with Gasteiger partial charge in [-0.2, -0.15) is 0 Å². The molecule has 2 aliphatic heterocycles. The molecule has 1 fully saturated rings. The molecule has 0 aromatic heterocycles. The van der Waals surface area contributed by atoms with Crippen molar-refractivity contribution in [1.29, 1.82) is 0 Å². The van der Waals surface area contributed by atoms with Crippen molar-refractivity contribution in [3.63, 3.8) is 0 Å². The predicted octanol–water partition coefficient (Wildman–Crippen LogP) is 4.28. The van der Waals surface area contributed by atoms with E-state index in [-0.39, 0.29) is 25.0 Å². The van der Waals surface area contributed by atoms with Gasteiger partial charge in [0, 0.05) is 45.4 Å². The molecule has 32 heavy (non-hydrogen) atoms. The summed E-state index contributed by atoms with van der Waals surface area (Å²) in [6.45, 7) is 0.167. The number of rotatable bonds is 3. The highest BCUT2D eigenvalue weighted by Crippen LogP contribution is 2.42. The third kappa shape index (κ3) is 2.90. The molecule has 162 valence electrons. The number of imide groups is 1. The maximum absolute atomic E-state index is 13.4. The second-order valence-electron chi connectivity index (χ2n) is 9.03. The summed E-state index contributed by atoms with van der Waals surface area (Å²) in [5.74, 6) is -0.529. The van der Waals surface area contributed by atoms with Gasteiger partial charge in [0.25, 0.3) is 11.8 Å². The summed E-state index contributed by atoms with van der Waals surface area (Å²) in [7, 11) is 0. The largest absolute Gasteiger partial charge is 0.392 e. The standard InChI is InChI=1S/C26H25N3O3/c30-14-16-7-5-15(6-8-16)13-29-25(31)17-9-11-21-24-22(12-10-18(23(17)24)26(29)32)28-20-4-2-1-3-19(20)27-21/h5-12,19-20,27-28,30H,1-4,13-14H2. The zero-order valence-corrected chi connectivity index (χ0v) is 17.7. The van der Waals surface area contributed by atoms with Crippen LogP contribution in [0, 0.1) is 0 Å². The maximum Gasteiger partial charge on any atom is 0.261 e. The number of fused-ring (bicyclic) bond motifs is 1. The lowest BCUT2D eigenvalue weighted by molar-refractivity contribution is 0.0598. The van der Waals surface area contributed by atoms with Crippen LogP contribution in [0.15, 0.2) is 48.5 Å². The Balaban J connectivity index is 1.43. The fourth-order valence-electron chi connectivity index (χ4n) is 5.43. The fourth-order valence-corrected chi connectivity index (χ4v) is 5.43. The van der Waals surface area contributed by atoms with Gasteiger partial charge in [0.05, 0.1) is 13.2 Å². The van der Waals surface area contributed by atoms with Gasteiger partial charge in [-0.15, -0.1) is 0 Å². The van der Waals surface area contributed by atoms with Gasteiger partial charge in [-0.3, -0.25) is 14.5 Å². The molecular formula is C26H25N3O3. The Morgan fingerprint density at radius 2 is 1.28 bits per heavy atom. The summed E-state index contributed by atoms with van der Waals surface area (Å²) in [4.78, 5) is 28.2. The Bertz CT molecular complexity index is 1180. The van der Waals surface area contributed by atoms with Crippen molar-refractivity contribution in [3.05, 3.63) is 70.8 Å². The molecule has 1 aliphatic carbocycles. The highest BCUT2D eigenvalue weighted by Gasteiger charge is 2.36. The molecule has 0 saturated heterocycles. The number of nitrogens with zero attached hydrogens (tertiary/aromatic N) is 1. The average molecular weight is 428 g/mol. The molecule has 6 rings (SSSR count). The summed E-state index contributed by atoms with van der Waals surface area (Å²) in [6.07, 6.45) is 4.65. The van der Waals surface area contributed by atoms with E-state index in [2.05, 4.69) is 10.6 Å². The molecule has 2 atom stereocenters. The SMILES string of the molecule is O=C1c2ccc3c4c(ccc(c24)C(=O)N1Cc1ccc(CO)cc1)NC1CCCCC1N3. The van der Waals surface area contributed by atoms with Gasteiger partial charge in [0.1, 0.15) is 0 Å². The highest BCUT2D eigenvalue weighted by atomic mass is 16.3. The number of carbonyl (C=O) groups excluding carboxylic acids is 2. The van der Waals surface area contributed by atoms with Crippen molar-refractivity contribution >= 4 is 34.0 Å². The molecule has 3 aromatic rings. The predicted molar refractivity (Wildman–Crippen MR) is 124 cm³/mol. The molecule has 3 aliphatic rings. The summed E-state index contributed by atoms with van der Waals surface area (Å²) in [6, 6.07) is 15.7. The lowest BCUT2D eigenvalue weighted by Gasteiger charge is -2.32. The number of hydrogen-bond donors (Lipinski definition) is 3. The third-order valence-electron chi connectivity index (χ3n) is 7.11. The lowest BCUT2D eigenvalue weighted by atomic mass is 9.90. The van der Waals surface area contributed by atoms with E-state index in [0.717, 1.165) is 46.1 Å². The van der Waals surface area contributed by atoms with Gasteiger partial charge in [-0.25, -0.2) is 0 Å². The van der Waals surface area contributed by atoms with Crippen molar-refractivity contribution < 1.29 is 14.7 Å². The number of aliphatic hydroxyl groups excluding tert-OH is 1. The van der Waals surface area contributed by atoms with Crippen LogP contribution in [-0.2, 0) is 13.2 Å². The maximum atomic E-state index is 13.4. The Labute approximate surface area is 186 Å². The van der Waals surface area contributed by atoms with Crippen LogP contribution < -0.4 is 10.6 Å². The number of anilines is 2. The summed E-state index contributed by atoms with van der Waals surface area (Å²) >= 11 is 0. The normalized spacial score (nSPS) is 21.6. The smallest absolute Gasteiger partial charge is 0.261 e. The van der Waals surface area contributed by atoms with Crippen molar-refractivity contribution in [2.24, 2.45) is 0 Å². The Morgan fingerprint density at radius 3 is 1.81 bits per heavy atom. The first-order chi connectivity index (χ1) is 15.6. The van der Waals surface area contributed by atoms with E-state index < -0.39 is 0 Å². The van der Waals surface area contributed by atoms with Crippen LogP contribution >= 0.6 is 0 Å². The second-order valence-corrected chi connectivity index (χ2v) is 9.03. The molecule has 2 amide bonds. The number of carbonyl (C=O) groups is 2. The number of benzene rings is 3. The Morgan fingerprint density at radius 1 is 0.750 bits per heavy atom. The minimum atomic E-state index is -0.265. The molecule has 0 bridgehead atoms. The van der Waals surface area contributed by atoms with Crippen molar-refractivity contribution in [2.45, 2.75) is 50.9 Å². The zero-order valence-electron chi connectivity index (χ0n) is 17.7. The topological polar surface area (TPSA) is 81.7 Å².